The minimum absolute atomic E-state index is 0.558. The molecule has 1 saturated carbocycles. The fourth-order valence-corrected chi connectivity index (χ4v) is 3.57. The number of imidazole rings is 1. The Morgan fingerprint density at radius 1 is 1.25 bits per heavy atom. The normalized spacial score (nSPS) is 23.3. The van der Waals surface area contributed by atoms with Crippen LogP contribution in [0, 0.1) is 6.92 Å². The molecule has 1 aromatic heterocycles. The summed E-state index contributed by atoms with van der Waals surface area (Å²) in [6, 6.07) is 9.68. The molecule has 0 saturated heterocycles. The molecule has 3 heteroatoms. The number of rotatable bonds is 4. The van der Waals surface area contributed by atoms with E-state index in [-0.39, 0.29) is 0 Å². The number of para-hydroxylation sites is 2. The third kappa shape index (κ3) is 2.47. The number of aryl methyl sites for hydroxylation is 1. The molecule has 1 aromatic carbocycles. The second-order valence-electron chi connectivity index (χ2n) is 5.93. The Bertz CT molecular complexity index is 573. The van der Waals surface area contributed by atoms with Crippen LogP contribution in [0.2, 0.25) is 0 Å². The van der Waals surface area contributed by atoms with Gasteiger partial charge in [-0.15, -0.1) is 0 Å². The van der Waals surface area contributed by atoms with Crippen LogP contribution in [-0.2, 0) is 0 Å². The van der Waals surface area contributed by atoms with Crippen molar-refractivity contribution in [3.63, 3.8) is 0 Å². The summed E-state index contributed by atoms with van der Waals surface area (Å²) < 4.78 is 2.47. The molecule has 3 rings (SSSR count). The number of benzene rings is 1. The van der Waals surface area contributed by atoms with Crippen molar-refractivity contribution in [3.05, 3.63) is 30.1 Å². The van der Waals surface area contributed by atoms with Gasteiger partial charge in [0.15, 0.2) is 0 Å². The van der Waals surface area contributed by atoms with Crippen LogP contribution in [0.3, 0.4) is 0 Å². The van der Waals surface area contributed by atoms with Crippen molar-refractivity contribution in [2.75, 3.05) is 6.54 Å². The summed E-state index contributed by atoms with van der Waals surface area (Å²) in [5.74, 6) is 1.15. The molecular formula is C17H25N3. The average Bonchev–Trinajstić information content (AvgIpc) is 2.81. The average molecular weight is 271 g/mol. The van der Waals surface area contributed by atoms with Crippen molar-refractivity contribution in [2.24, 2.45) is 0 Å². The molecule has 1 heterocycles. The van der Waals surface area contributed by atoms with Crippen LogP contribution >= 0.6 is 0 Å². The van der Waals surface area contributed by atoms with Crippen molar-refractivity contribution in [1.82, 2.24) is 14.9 Å². The molecule has 1 aliphatic rings. The molecule has 0 bridgehead atoms. The van der Waals surface area contributed by atoms with E-state index in [2.05, 4.69) is 48.0 Å². The van der Waals surface area contributed by atoms with Crippen LogP contribution in [0.15, 0.2) is 24.3 Å². The molecule has 0 aliphatic heterocycles. The van der Waals surface area contributed by atoms with E-state index in [1.807, 2.05) is 0 Å². The Morgan fingerprint density at radius 3 is 2.90 bits per heavy atom. The predicted molar refractivity (Wildman–Crippen MR) is 84.1 cm³/mol. The highest BCUT2D eigenvalue weighted by molar-refractivity contribution is 5.76. The van der Waals surface area contributed by atoms with Gasteiger partial charge in [-0.2, -0.15) is 0 Å². The Morgan fingerprint density at radius 2 is 2.05 bits per heavy atom. The van der Waals surface area contributed by atoms with Gasteiger partial charge in [-0.05, 0) is 44.9 Å². The largest absolute Gasteiger partial charge is 0.324 e. The molecule has 0 amide bonds. The molecule has 1 N–H and O–H groups in total. The molecule has 2 aromatic rings. The molecular weight excluding hydrogens is 246 g/mol. The smallest absolute Gasteiger partial charge is 0.107 e. The number of nitrogens with one attached hydrogen (secondary N) is 1. The number of hydrogen-bond acceptors (Lipinski definition) is 2. The quantitative estimate of drug-likeness (QED) is 0.916. The first-order valence-electron chi connectivity index (χ1n) is 7.98. The van der Waals surface area contributed by atoms with E-state index in [0.717, 1.165) is 17.9 Å². The number of fused-ring (bicyclic) bond motifs is 1. The fourth-order valence-electron chi connectivity index (χ4n) is 3.57. The van der Waals surface area contributed by atoms with Crippen LogP contribution < -0.4 is 5.32 Å². The summed E-state index contributed by atoms with van der Waals surface area (Å²) in [6.45, 7) is 5.50. The Balaban J connectivity index is 1.96. The van der Waals surface area contributed by atoms with Crippen molar-refractivity contribution in [3.8, 4) is 0 Å². The van der Waals surface area contributed by atoms with Gasteiger partial charge in [0.25, 0.3) is 0 Å². The summed E-state index contributed by atoms with van der Waals surface area (Å²) in [5, 5.41) is 3.75. The highest BCUT2D eigenvalue weighted by atomic mass is 15.1. The zero-order valence-electron chi connectivity index (χ0n) is 12.6. The number of aromatic nitrogens is 2. The lowest BCUT2D eigenvalue weighted by Gasteiger charge is -2.34. The Kier molecular flexibility index (Phi) is 4.06. The Hall–Kier alpha value is -1.35. The lowest BCUT2D eigenvalue weighted by Crippen LogP contribution is -2.40. The summed E-state index contributed by atoms with van der Waals surface area (Å²) in [6.07, 6.45) is 6.44. The van der Waals surface area contributed by atoms with Crippen LogP contribution in [0.4, 0.5) is 0 Å². The molecule has 108 valence electrons. The van der Waals surface area contributed by atoms with E-state index >= 15 is 0 Å². The van der Waals surface area contributed by atoms with Gasteiger partial charge >= 0.3 is 0 Å². The zero-order chi connectivity index (χ0) is 13.9. The molecule has 2 atom stereocenters. The van der Waals surface area contributed by atoms with Crippen molar-refractivity contribution >= 4 is 11.0 Å². The second kappa shape index (κ2) is 5.96. The van der Waals surface area contributed by atoms with E-state index < -0.39 is 0 Å². The highest BCUT2D eigenvalue weighted by Crippen LogP contribution is 2.32. The highest BCUT2D eigenvalue weighted by Gasteiger charge is 2.28. The van der Waals surface area contributed by atoms with Crippen molar-refractivity contribution < 1.29 is 0 Å². The van der Waals surface area contributed by atoms with E-state index in [4.69, 9.17) is 4.98 Å². The lowest BCUT2D eigenvalue weighted by atomic mass is 9.89. The molecule has 0 radical (unpaired) electrons. The van der Waals surface area contributed by atoms with E-state index in [1.54, 1.807) is 0 Å². The molecule has 20 heavy (non-hydrogen) atoms. The third-order valence-corrected chi connectivity index (χ3v) is 4.49. The van der Waals surface area contributed by atoms with Gasteiger partial charge in [-0.3, -0.25) is 0 Å². The first-order chi connectivity index (χ1) is 9.81. The number of nitrogens with zero attached hydrogens (tertiary/aromatic N) is 2. The lowest BCUT2D eigenvalue weighted by molar-refractivity contribution is 0.265. The minimum atomic E-state index is 0.558. The van der Waals surface area contributed by atoms with Crippen molar-refractivity contribution in [2.45, 2.75) is 58.0 Å². The van der Waals surface area contributed by atoms with Gasteiger partial charge in [0, 0.05) is 6.04 Å². The third-order valence-electron chi connectivity index (χ3n) is 4.49. The Labute approximate surface area is 121 Å². The molecule has 3 nitrogen and oxygen atoms in total. The maximum atomic E-state index is 4.74. The maximum absolute atomic E-state index is 4.74. The van der Waals surface area contributed by atoms with Crippen LogP contribution in [0.5, 0.6) is 0 Å². The van der Waals surface area contributed by atoms with Crippen LogP contribution in [0.25, 0.3) is 11.0 Å². The second-order valence-corrected chi connectivity index (χ2v) is 5.93. The van der Waals surface area contributed by atoms with Gasteiger partial charge in [-0.1, -0.05) is 31.9 Å². The van der Waals surface area contributed by atoms with Gasteiger partial charge < -0.3 is 9.88 Å². The standard InChI is InChI=1S/C17H25N3/c1-3-12-18-14-8-4-6-10-16(14)20-13(2)19-15-9-5-7-11-17(15)20/h5,7,9,11,14,16,18H,3-4,6,8,10,12H2,1-2H3. The SMILES string of the molecule is CCCNC1CCCCC1n1c(C)nc2ccccc21. The number of hydrogen-bond donors (Lipinski definition) is 1. The van der Waals surface area contributed by atoms with E-state index in [1.165, 1.54) is 37.6 Å². The van der Waals surface area contributed by atoms with Gasteiger partial charge in [0.05, 0.1) is 17.1 Å². The van der Waals surface area contributed by atoms with E-state index in [9.17, 15) is 0 Å². The summed E-state index contributed by atoms with van der Waals surface area (Å²) >= 11 is 0. The fraction of sp³-hybridized carbons (Fsp3) is 0.588. The summed E-state index contributed by atoms with van der Waals surface area (Å²) in [4.78, 5) is 4.74. The maximum Gasteiger partial charge on any atom is 0.107 e. The topological polar surface area (TPSA) is 29.9 Å². The predicted octanol–water partition coefficient (Wildman–Crippen LogP) is 3.83. The van der Waals surface area contributed by atoms with Gasteiger partial charge in [-0.25, -0.2) is 4.98 Å². The van der Waals surface area contributed by atoms with Crippen LogP contribution in [0.1, 0.15) is 50.9 Å². The molecule has 0 spiro atoms. The molecule has 1 fully saturated rings. The van der Waals surface area contributed by atoms with Gasteiger partial charge in [0.1, 0.15) is 5.82 Å². The first-order valence-corrected chi connectivity index (χ1v) is 7.98. The van der Waals surface area contributed by atoms with Crippen LogP contribution in [-0.4, -0.2) is 22.1 Å². The minimum Gasteiger partial charge on any atom is -0.324 e. The first kappa shape index (κ1) is 13.6. The zero-order valence-corrected chi connectivity index (χ0v) is 12.6. The molecule has 2 unspecified atom stereocenters. The summed E-state index contributed by atoms with van der Waals surface area (Å²) in [7, 11) is 0. The summed E-state index contributed by atoms with van der Waals surface area (Å²) in [5.41, 5.74) is 2.42. The monoisotopic (exact) mass is 271 g/mol. The van der Waals surface area contributed by atoms with Gasteiger partial charge in [0.2, 0.25) is 0 Å². The molecule has 1 aliphatic carbocycles. The van der Waals surface area contributed by atoms with E-state index in [0.29, 0.717) is 12.1 Å². The van der Waals surface area contributed by atoms with Crippen molar-refractivity contribution in [1.29, 1.82) is 0 Å².